The lowest BCUT2D eigenvalue weighted by Gasteiger charge is -2.14. The van der Waals surface area contributed by atoms with Gasteiger partial charge >= 0.3 is 6.09 Å². The first kappa shape index (κ1) is 10.3. The Morgan fingerprint density at radius 1 is 1.62 bits per heavy atom. The van der Waals surface area contributed by atoms with Crippen molar-refractivity contribution in [2.24, 2.45) is 5.92 Å². The molecule has 0 heterocycles. The summed E-state index contributed by atoms with van der Waals surface area (Å²) in [4.78, 5) is 11.1. The SMILES string of the molecule is CC(C)COC(=O)NC1(CO)CC1. The Kier molecular flexibility index (Phi) is 3.14. The van der Waals surface area contributed by atoms with Crippen LogP contribution < -0.4 is 5.32 Å². The van der Waals surface area contributed by atoms with Gasteiger partial charge in [0.05, 0.1) is 18.8 Å². The molecular formula is C9H17NO3. The molecule has 0 aliphatic heterocycles. The predicted octanol–water partition coefficient (Wildman–Crippen LogP) is 0.893. The standard InChI is InChI=1S/C9H17NO3/c1-7(2)5-13-8(12)10-9(6-11)3-4-9/h7,11H,3-6H2,1-2H3,(H,10,12). The monoisotopic (exact) mass is 187 g/mol. The van der Waals surface area contributed by atoms with Crippen molar-refractivity contribution >= 4 is 6.09 Å². The van der Waals surface area contributed by atoms with Crippen LogP contribution in [0.2, 0.25) is 0 Å². The molecule has 1 aliphatic rings. The van der Waals surface area contributed by atoms with Crippen LogP contribution in [0.3, 0.4) is 0 Å². The van der Waals surface area contributed by atoms with Crippen LogP contribution in [0, 0.1) is 5.92 Å². The normalized spacial score (nSPS) is 18.5. The van der Waals surface area contributed by atoms with E-state index < -0.39 is 6.09 Å². The number of rotatable bonds is 4. The van der Waals surface area contributed by atoms with Crippen LogP contribution in [0.4, 0.5) is 4.79 Å². The highest BCUT2D eigenvalue weighted by atomic mass is 16.5. The molecule has 1 aliphatic carbocycles. The fraction of sp³-hybridized carbons (Fsp3) is 0.889. The number of amides is 1. The van der Waals surface area contributed by atoms with Crippen molar-refractivity contribution in [3.05, 3.63) is 0 Å². The third-order valence-electron chi connectivity index (χ3n) is 2.07. The number of nitrogens with one attached hydrogen (secondary N) is 1. The first-order chi connectivity index (χ1) is 6.08. The van der Waals surface area contributed by atoms with E-state index in [2.05, 4.69) is 5.32 Å². The number of hydrogen-bond acceptors (Lipinski definition) is 3. The van der Waals surface area contributed by atoms with Crippen molar-refractivity contribution in [1.29, 1.82) is 0 Å². The van der Waals surface area contributed by atoms with Gasteiger partial charge in [-0.3, -0.25) is 0 Å². The lowest BCUT2D eigenvalue weighted by molar-refractivity contribution is 0.121. The van der Waals surface area contributed by atoms with Gasteiger partial charge in [0.1, 0.15) is 0 Å². The van der Waals surface area contributed by atoms with Gasteiger partial charge in [0.15, 0.2) is 0 Å². The molecule has 0 aromatic heterocycles. The minimum absolute atomic E-state index is 0.00375. The highest BCUT2D eigenvalue weighted by Gasteiger charge is 2.43. The minimum Gasteiger partial charge on any atom is -0.449 e. The van der Waals surface area contributed by atoms with Crippen molar-refractivity contribution < 1.29 is 14.6 Å². The zero-order chi connectivity index (χ0) is 9.90. The van der Waals surface area contributed by atoms with E-state index in [0.29, 0.717) is 12.5 Å². The molecule has 0 unspecified atom stereocenters. The molecule has 13 heavy (non-hydrogen) atoms. The highest BCUT2D eigenvalue weighted by Crippen LogP contribution is 2.34. The van der Waals surface area contributed by atoms with Crippen LogP contribution in [-0.2, 0) is 4.74 Å². The van der Waals surface area contributed by atoms with Gasteiger partial charge in [-0.2, -0.15) is 0 Å². The molecule has 1 amide bonds. The quantitative estimate of drug-likeness (QED) is 0.687. The van der Waals surface area contributed by atoms with E-state index in [1.54, 1.807) is 0 Å². The van der Waals surface area contributed by atoms with Gasteiger partial charge in [-0.25, -0.2) is 4.79 Å². The summed E-state index contributed by atoms with van der Waals surface area (Å²) in [6.07, 6.45) is 1.28. The zero-order valence-electron chi connectivity index (χ0n) is 8.17. The fourth-order valence-corrected chi connectivity index (χ4v) is 0.968. The number of carbonyl (C=O) groups excluding carboxylic acids is 1. The van der Waals surface area contributed by atoms with Crippen molar-refractivity contribution in [3.8, 4) is 0 Å². The summed E-state index contributed by atoms with van der Waals surface area (Å²) in [7, 11) is 0. The van der Waals surface area contributed by atoms with E-state index in [1.165, 1.54) is 0 Å². The van der Waals surface area contributed by atoms with Crippen molar-refractivity contribution in [2.45, 2.75) is 32.2 Å². The Bertz CT molecular complexity index is 187. The van der Waals surface area contributed by atoms with E-state index >= 15 is 0 Å². The fourth-order valence-electron chi connectivity index (χ4n) is 0.968. The van der Waals surface area contributed by atoms with Crippen LogP contribution in [0.5, 0.6) is 0 Å². The van der Waals surface area contributed by atoms with E-state index in [9.17, 15) is 4.79 Å². The molecule has 1 rings (SSSR count). The molecule has 0 radical (unpaired) electrons. The topological polar surface area (TPSA) is 58.6 Å². The van der Waals surface area contributed by atoms with Gasteiger partial charge in [0.25, 0.3) is 0 Å². The molecule has 0 spiro atoms. The number of aliphatic hydroxyl groups excluding tert-OH is 1. The molecule has 1 fully saturated rings. The molecule has 1 saturated carbocycles. The van der Waals surface area contributed by atoms with E-state index in [-0.39, 0.29) is 12.1 Å². The van der Waals surface area contributed by atoms with E-state index in [1.807, 2.05) is 13.8 Å². The molecule has 2 N–H and O–H groups in total. The third kappa shape index (κ3) is 3.22. The molecular weight excluding hydrogens is 170 g/mol. The number of ether oxygens (including phenoxy) is 1. The molecule has 0 atom stereocenters. The van der Waals surface area contributed by atoms with Crippen molar-refractivity contribution in [2.75, 3.05) is 13.2 Å². The minimum atomic E-state index is -0.416. The summed E-state index contributed by atoms with van der Waals surface area (Å²) in [6.45, 7) is 4.38. The molecule has 0 saturated heterocycles. The van der Waals surface area contributed by atoms with Gasteiger partial charge in [0.2, 0.25) is 0 Å². The van der Waals surface area contributed by atoms with Crippen LogP contribution in [0.1, 0.15) is 26.7 Å². The van der Waals surface area contributed by atoms with Crippen LogP contribution >= 0.6 is 0 Å². The van der Waals surface area contributed by atoms with Crippen LogP contribution in [-0.4, -0.2) is 30.0 Å². The summed E-state index contributed by atoms with van der Waals surface area (Å²) in [5.74, 6) is 0.343. The first-order valence-corrected chi connectivity index (χ1v) is 4.64. The molecule has 0 aromatic carbocycles. The Morgan fingerprint density at radius 2 is 2.23 bits per heavy atom. The Morgan fingerprint density at radius 3 is 2.62 bits per heavy atom. The van der Waals surface area contributed by atoms with Gasteiger partial charge in [-0.15, -0.1) is 0 Å². The lowest BCUT2D eigenvalue weighted by atomic mass is 10.2. The average molecular weight is 187 g/mol. The lowest BCUT2D eigenvalue weighted by Crippen LogP contribution is -2.40. The van der Waals surface area contributed by atoms with Crippen LogP contribution in [0.25, 0.3) is 0 Å². The summed E-state index contributed by atoms with van der Waals surface area (Å²) in [6, 6.07) is 0. The maximum Gasteiger partial charge on any atom is 0.407 e. The molecule has 76 valence electrons. The Balaban J connectivity index is 2.18. The Hall–Kier alpha value is -0.770. The average Bonchev–Trinajstić information content (AvgIpc) is 2.82. The first-order valence-electron chi connectivity index (χ1n) is 4.64. The second-order valence-corrected chi connectivity index (χ2v) is 4.06. The number of aliphatic hydroxyl groups is 1. The van der Waals surface area contributed by atoms with Gasteiger partial charge < -0.3 is 15.2 Å². The van der Waals surface area contributed by atoms with E-state index in [0.717, 1.165) is 12.8 Å². The second-order valence-electron chi connectivity index (χ2n) is 4.06. The van der Waals surface area contributed by atoms with Crippen LogP contribution in [0.15, 0.2) is 0 Å². The summed E-state index contributed by atoms with van der Waals surface area (Å²) >= 11 is 0. The Labute approximate surface area is 78.3 Å². The molecule has 4 heteroatoms. The highest BCUT2D eigenvalue weighted by molar-refractivity contribution is 5.68. The summed E-state index contributed by atoms with van der Waals surface area (Å²) in [5.41, 5.74) is -0.367. The number of alkyl carbamates (subject to hydrolysis) is 1. The maximum absolute atomic E-state index is 11.1. The largest absolute Gasteiger partial charge is 0.449 e. The van der Waals surface area contributed by atoms with E-state index in [4.69, 9.17) is 9.84 Å². The summed E-state index contributed by atoms with van der Waals surface area (Å²) in [5, 5.41) is 11.6. The zero-order valence-corrected chi connectivity index (χ0v) is 8.17. The molecule has 0 aromatic rings. The summed E-state index contributed by atoms with van der Waals surface area (Å²) < 4.78 is 4.92. The van der Waals surface area contributed by atoms with Gasteiger partial charge in [0, 0.05) is 0 Å². The van der Waals surface area contributed by atoms with Crippen molar-refractivity contribution in [1.82, 2.24) is 5.32 Å². The van der Waals surface area contributed by atoms with Gasteiger partial charge in [-0.05, 0) is 18.8 Å². The smallest absolute Gasteiger partial charge is 0.407 e. The molecule has 4 nitrogen and oxygen atoms in total. The predicted molar refractivity (Wildman–Crippen MR) is 48.4 cm³/mol. The van der Waals surface area contributed by atoms with Gasteiger partial charge in [-0.1, -0.05) is 13.8 Å². The maximum atomic E-state index is 11.1. The third-order valence-corrected chi connectivity index (χ3v) is 2.07. The number of carbonyl (C=O) groups is 1. The molecule has 0 bridgehead atoms. The number of hydrogen-bond donors (Lipinski definition) is 2. The van der Waals surface area contributed by atoms with Crippen molar-refractivity contribution in [3.63, 3.8) is 0 Å². The second kappa shape index (κ2) is 3.96.